The molecule has 150 valence electrons. The first-order valence-electron chi connectivity index (χ1n) is 8.91. The van der Waals surface area contributed by atoms with Crippen LogP contribution in [0.15, 0.2) is 78.0 Å². The van der Waals surface area contributed by atoms with E-state index in [0.29, 0.717) is 27.1 Å². The van der Waals surface area contributed by atoms with Crippen LogP contribution < -0.4 is 0 Å². The number of ketones is 1. The van der Waals surface area contributed by atoms with Crippen molar-refractivity contribution in [3.63, 3.8) is 0 Å². The Bertz CT molecular complexity index is 1200. The SMILES string of the molecule is O=C(CSc1nnc(-c2ccccc2)n1-c1ccc(F)cc1F)c1ccc(Cl)cc1. The van der Waals surface area contributed by atoms with Crippen molar-refractivity contribution in [2.75, 3.05) is 5.75 Å². The Morgan fingerprint density at radius 1 is 0.967 bits per heavy atom. The number of thioether (sulfide) groups is 1. The third-order valence-corrected chi connectivity index (χ3v) is 5.50. The lowest BCUT2D eigenvalue weighted by Crippen LogP contribution is -2.06. The molecule has 0 atom stereocenters. The van der Waals surface area contributed by atoms with Crippen LogP contribution in [-0.4, -0.2) is 26.3 Å². The van der Waals surface area contributed by atoms with Gasteiger partial charge in [-0.05, 0) is 36.4 Å². The standard InChI is InChI=1S/C22H14ClF2N3OS/c23-16-8-6-14(7-9-16)20(29)13-30-22-27-26-21(15-4-2-1-3-5-15)28(22)19-11-10-17(24)12-18(19)25/h1-12H,13H2. The highest BCUT2D eigenvalue weighted by molar-refractivity contribution is 7.99. The van der Waals surface area contributed by atoms with Gasteiger partial charge < -0.3 is 0 Å². The Balaban J connectivity index is 1.70. The normalized spacial score (nSPS) is 10.9. The summed E-state index contributed by atoms with van der Waals surface area (Å²) in [5.74, 6) is -1.11. The molecule has 0 aliphatic heterocycles. The summed E-state index contributed by atoms with van der Waals surface area (Å²) < 4.78 is 29.5. The number of hydrogen-bond acceptors (Lipinski definition) is 4. The van der Waals surface area contributed by atoms with E-state index in [9.17, 15) is 13.6 Å². The second kappa shape index (κ2) is 8.77. The Morgan fingerprint density at radius 3 is 2.40 bits per heavy atom. The van der Waals surface area contributed by atoms with Gasteiger partial charge in [-0.2, -0.15) is 0 Å². The fourth-order valence-electron chi connectivity index (χ4n) is 2.87. The monoisotopic (exact) mass is 441 g/mol. The maximum absolute atomic E-state index is 14.6. The van der Waals surface area contributed by atoms with Crippen LogP contribution in [0, 0.1) is 11.6 Å². The van der Waals surface area contributed by atoms with Crippen LogP contribution in [0.1, 0.15) is 10.4 Å². The van der Waals surface area contributed by atoms with E-state index in [4.69, 9.17) is 11.6 Å². The average Bonchev–Trinajstić information content (AvgIpc) is 3.17. The van der Waals surface area contributed by atoms with Gasteiger partial charge in [0.15, 0.2) is 16.8 Å². The zero-order chi connectivity index (χ0) is 21.1. The van der Waals surface area contributed by atoms with Crippen LogP contribution in [0.25, 0.3) is 17.1 Å². The van der Waals surface area contributed by atoms with Gasteiger partial charge >= 0.3 is 0 Å². The van der Waals surface area contributed by atoms with Crippen LogP contribution >= 0.6 is 23.4 Å². The summed E-state index contributed by atoms with van der Waals surface area (Å²) in [6.07, 6.45) is 0. The predicted molar refractivity (Wildman–Crippen MR) is 113 cm³/mol. The van der Waals surface area contributed by atoms with Crippen LogP contribution in [0.3, 0.4) is 0 Å². The number of carbonyl (C=O) groups is 1. The second-order valence-corrected chi connectivity index (χ2v) is 7.70. The Labute approximate surface area is 180 Å². The zero-order valence-electron chi connectivity index (χ0n) is 15.4. The van der Waals surface area contributed by atoms with Gasteiger partial charge in [0.05, 0.1) is 11.4 Å². The molecule has 30 heavy (non-hydrogen) atoms. The number of carbonyl (C=O) groups excluding carboxylic acids is 1. The third kappa shape index (κ3) is 4.27. The first kappa shape index (κ1) is 20.3. The molecule has 3 aromatic carbocycles. The van der Waals surface area contributed by atoms with E-state index in [1.54, 1.807) is 24.3 Å². The van der Waals surface area contributed by atoms with Crippen molar-refractivity contribution in [1.29, 1.82) is 0 Å². The fraction of sp³-hybridized carbons (Fsp3) is 0.0455. The molecule has 0 bridgehead atoms. The largest absolute Gasteiger partial charge is 0.293 e. The zero-order valence-corrected chi connectivity index (χ0v) is 17.0. The molecule has 0 spiro atoms. The van der Waals surface area contributed by atoms with E-state index >= 15 is 0 Å². The number of aromatic nitrogens is 3. The minimum absolute atomic E-state index is 0.0668. The molecule has 0 fully saturated rings. The third-order valence-electron chi connectivity index (χ3n) is 4.31. The molecule has 0 aliphatic rings. The number of hydrogen-bond donors (Lipinski definition) is 0. The molecule has 0 N–H and O–H groups in total. The first-order chi connectivity index (χ1) is 14.5. The van der Waals surface area contributed by atoms with Gasteiger partial charge in [0.25, 0.3) is 0 Å². The predicted octanol–water partition coefficient (Wildman–Crippen LogP) is 5.84. The summed E-state index contributed by atoms with van der Waals surface area (Å²) >= 11 is 6.99. The first-order valence-corrected chi connectivity index (χ1v) is 10.3. The van der Waals surface area contributed by atoms with E-state index < -0.39 is 11.6 Å². The highest BCUT2D eigenvalue weighted by atomic mass is 35.5. The molecular formula is C22H14ClF2N3OS. The van der Waals surface area contributed by atoms with Crippen molar-refractivity contribution in [3.8, 4) is 17.1 Å². The topological polar surface area (TPSA) is 47.8 Å². The Kier molecular flexibility index (Phi) is 5.92. The van der Waals surface area contributed by atoms with Crippen molar-refractivity contribution < 1.29 is 13.6 Å². The van der Waals surface area contributed by atoms with E-state index in [0.717, 1.165) is 17.8 Å². The molecule has 0 unspecified atom stereocenters. The second-order valence-electron chi connectivity index (χ2n) is 6.32. The van der Waals surface area contributed by atoms with Crippen molar-refractivity contribution in [1.82, 2.24) is 14.8 Å². The summed E-state index contributed by atoms with van der Waals surface area (Å²) in [6.45, 7) is 0. The van der Waals surface area contributed by atoms with E-state index in [1.165, 1.54) is 16.7 Å². The molecule has 0 aliphatic carbocycles. The lowest BCUT2D eigenvalue weighted by Gasteiger charge is -2.11. The number of Topliss-reactive ketones (excluding diaryl/α,β-unsaturated/α-hetero) is 1. The molecule has 4 rings (SSSR count). The summed E-state index contributed by atoms with van der Waals surface area (Å²) in [6, 6.07) is 19.0. The summed E-state index contributed by atoms with van der Waals surface area (Å²) in [7, 11) is 0. The Morgan fingerprint density at radius 2 is 1.70 bits per heavy atom. The van der Waals surface area contributed by atoms with Crippen LogP contribution in [0.2, 0.25) is 5.02 Å². The molecule has 4 nitrogen and oxygen atoms in total. The van der Waals surface area contributed by atoms with Crippen molar-refractivity contribution >= 4 is 29.1 Å². The minimum atomic E-state index is -0.752. The minimum Gasteiger partial charge on any atom is -0.293 e. The van der Waals surface area contributed by atoms with E-state index in [2.05, 4.69) is 10.2 Å². The molecular weight excluding hydrogens is 428 g/mol. The van der Waals surface area contributed by atoms with E-state index in [-0.39, 0.29) is 17.2 Å². The van der Waals surface area contributed by atoms with Gasteiger partial charge in [-0.15, -0.1) is 10.2 Å². The van der Waals surface area contributed by atoms with Gasteiger partial charge in [-0.1, -0.05) is 53.7 Å². The van der Waals surface area contributed by atoms with Crippen molar-refractivity contribution in [3.05, 3.63) is 95.0 Å². The molecule has 0 amide bonds. The van der Waals surface area contributed by atoms with Gasteiger partial charge in [0, 0.05) is 22.2 Å². The fourth-order valence-corrected chi connectivity index (χ4v) is 3.83. The lowest BCUT2D eigenvalue weighted by atomic mass is 10.1. The van der Waals surface area contributed by atoms with Crippen molar-refractivity contribution in [2.24, 2.45) is 0 Å². The molecule has 0 radical (unpaired) electrons. The van der Waals surface area contributed by atoms with Crippen LogP contribution in [0.4, 0.5) is 8.78 Å². The quantitative estimate of drug-likeness (QED) is 0.278. The highest BCUT2D eigenvalue weighted by Crippen LogP contribution is 2.30. The van der Waals surface area contributed by atoms with Gasteiger partial charge in [-0.25, -0.2) is 8.78 Å². The number of halogens is 3. The van der Waals surface area contributed by atoms with Crippen LogP contribution in [-0.2, 0) is 0 Å². The maximum atomic E-state index is 14.6. The Hall–Kier alpha value is -3.03. The van der Waals surface area contributed by atoms with Gasteiger partial charge in [-0.3, -0.25) is 9.36 Å². The molecule has 4 aromatic rings. The smallest absolute Gasteiger partial charge is 0.196 e. The molecule has 0 saturated heterocycles. The van der Waals surface area contributed by atoms with E-state index in [1.807, 2.05) is 30.3 Å². The number of rotatable bonds is 6. The molecule has 1 aromatic heterocycles. The maximum Gasteiger partial charge on any atom is 0.196 e. The van der Waals surface area contributed by atoms with Gasteiger partial charge in [0.1, 0.15) is 11.6 Å². The summed E-state index contributed by atoms with van der Waals surface area (Å²) in [5.41, 5.74) is 1.32. The number of nitrogens with zero attached hydrogens (tertiary/aromatic N) is 3. The van der Waals surface area contributed by atoms with Gasteiger partial charge in [0.2, 0.25) is 0 Å². The molecule has 1 heterocycles. The number of benzene rings is 3. The summed E-state index contributed by atoms with van der Waals surface area (Å²) in [4.78, 5) is 12.5. The molecule has 8 heteroatoms. The summed E-state index contributed by atoms with van der Waals surface area (Å²) in [5, 5.41) is 9.21. The highest BCUT2D eigenvalue weighted by Gasteiger charge is 2.20. The molecule has 0 saturated carbocycles. The van der Waals surface area contributed by atoms with Crippen LogP contribution in [0.5, 0.6) is 0 Å². The lowest BCUT2D eigenvalue weighted by molar-refractivity contribution is 0.102. The average molecular weight is 442 g/mol. The van der Waals surface area contributed by atoms with Crippen molar-refractivity contribution in [2.45, 2.75) is 5.16 Å².